The number of pyridine rings is 1. The molecule has 1 unspecified atom stereocenters. The van der Waals surface area contributed by atoms with Crippen LogP contribution in [0.2, 0.25) is 0 Å². The largest absolute Gasteiger partial charge is 0.507 e. The van der Waals surface area contributed by atoms with E-state index in [9.17, 15) is 14.7 Å². The van der Waals surface area contributed by atoms with Crippen molar-refractivity contribution in [2.75, 3.05) is 6.61 Å². The van der Waals surface area contributed by atoms with Crippen LogP contribution in [0, 0.1) is 0 Å². The van der Waals surface area contributed by atoms with E-state index in [4.69, 9.17) is 4.74 Å². The normalized spacial score (nSPS) is 18.9. The van der Waals surface area contributed by atoms with Crippen LogP contribution in [0.15, 0.2) is 72.4 Å². The van der Waals surface area contributed by atoms with Crippen molar-refractivity contribution < 1.29 is 19.4 Å². The number of nitrogens with zero attached hydrogens (tertiary/aromatic N) is 2. The highest BCUT2D eigenvalue weighted by Crippen LogP contribution is 2.41. The molecule has 2 aliphatic rings. The van der Waals surface area contributed by atoms with Crippen LogP contribution >= 0.6 is 0 Å². The van der Waals surface area contributed by atoms with Crippen molar-refractivity contribution in [1.82, 2.24) is 9.88 Å². The fourth-order valence-corrected chi connectivity index (χ4v) is 4.61. The number of aliphatic hydroxyl groups is 1. The average Bonchev–Trinajstić information content (AvgIpc) is 3.42. The van der Waals surface area contributed by atoms with E-state index in [1.54, 1.807) is 24.4 Å². The number of carbonyl (C=O) groups is 2. The van der Waals surface area contributed by atoms with Gasteiger partial charge in [-0.3, -0.25) is 14.6 Å². The molecule has 1 N–H and O–H groups in total. The van der Waals surface area contributed by atoms with Gasteiger partial charge in [-0.05, 0) is 52.9 Å². The summed E-state index contributed by atoms with van der Waals surface area (Å²) in [6.45, 7) is 4.98. The van der Waals surface area contributed by atoms with Crippen molar-refractivity contribution in [3.63, 3.8) is 0 Å². The van der Waals surface area contributed by atoms with Gasteiger partial charge in [-0.2, -0.15) is 0 Å². The van der Waals surface area contributed by atoms with Gasteiger partial charge >= 0.3 is 0 Å². The molecule has 172 valence electrons. The summed E-state index contributed by atoms with van der Waals surface area (Å²) >= 11 is 0. The molecule has 2 aromatic carbocycles. The van der Waals surface area contributed by atoms with Crippen LogP contribution in [0.1, 0.15) is 53.8 Å². The molecule has 1 aromatic heterocycles. The maximum absolute atomic E-state index is 13.3. The third-order valence-electron chi connectivity index (χ3n) is 6.48. The SMILES string of the molecule is CC(C)c1ccc(C2/C(=C(/O)c3ccc4c(c3)CCO4)C(=O)C(=O)N2Cc2ccccn2)cc1. The number of carbonyl (C=O) groups excluding carboxylic acids is 2. The topological polar surface area (TPSA) is 79.7 Å². The van der Waals surface area contributed by atoms with Crippen molar-refractivity contribution in [2.24, 2.45) is 0 Å². The first-order valence-electron chi connectivity index (χ1n) is 11.5. The molecule has 3 aromatic rings. The zero-order chi connectivity index (χ0) is 23.8. The summed E-state index contributed by atoms with van der Waals surface area (Å²) in [7, 11) is 0. The van der Waals surface area contributed by atoms with Crippen LogP contribution in [0.25, 0.3) is 5.76 Å². The fraction of sp³-hybridized carbons (Fsp3) is 0.250. The lowest BCUT2D eigenvalue weighted by Gasteiger charge is -2.25. The lowest BCUT2D eigenvalue weighted by molar-refractivity contribution is -0.140. The van der Waals surface area contributed by atoms with Gasteiger partial charge in [-0.25, -0.2) is 0 Å². The lowest BCUT2D eigenvalue weighted by Crippen LogP contribution is -2.29. The van der Waals surface area contributed by atoms with E-state index in [1.807, 2.05) is 42.5 Å². The maximum atomic E-state index is 13.3. The Morgan fingerprint density at radius 2 is 1.91 bits per heavy atom. The standard InChI is InChI=1S/C28H26N2O4/c1-17(2)18-6-8-19(9-7-18)25-24(26(31)21-10-11-23-20(15-21)12-14-34-23)27(32)28(33)30(25)16-22-5-3-4-13-29-22/h3-11,13,15,17,25,31H,12,14,16H2,1-2H3/b26-24-. The second-order valence-corrected chi connectivity index (χ2v) is 8.99. The Labute approximate surface area is 198 Å². The summed E-state index contributed by atoms with van der Waals surface area (Å²) in [6.07, 6.45) is 2.40. The van der Waals surface area contributed by atoms with Crippen LogP contribution in [0.3, 0.4) is 0 Å². The molecule has 6 nitrogen and oxygen atoms in total. The van der Waals surface area contributed by atoms with Gasteiger partial charge in [0.15, 0.2) is 0 Å². The van der Waals surface area contributed by atoms with Crippen molar-refractivity contribution in [2.45, 2.75) is 38.8 Å². The Kier molecular flexibility index (Phi) is 5.65. The van der Waals surface area contributed by atoms with Gasteiger partial charge < -0.3 is 14.7 Å². The van der Waals surface area contributed by atoms with Crippen LogP contribution < -0.4 is 4.74 Å². The monoisotopic (exact) mass is 454 g/mol. The van der Waals surface area contributed by atoms with Crippen LogP contribution in [-0.2, 0) is 22.6 Å². The van der Waals surface area contributed by atoms with Gasteiger partial charge in [0.05, 0.1) is 30.5 Å². The molecule has 5 rings (SSSR count). The van der Waals surface area contributed by atoms with E-state index < -0.39 is 17.7 Å². The molecule has 0 radical (unpaired) electrons. The third-order valence-corrected chi connectivity index (χ3v) is 6.48. The molecule has 0 saturated carbocycles. The molecular weight excluding hydrogens is 428 g/mol. The first-order chi connectivity index (χ1) is 16.4. The van der Waals surface area contributed by atoms with E-state index in [1.165, 1.54) is 4.90 Å². The lowest BCUT2D eigenvalue weighted by atomic mass is 9.92. The number of hydrogen-bond donors (Lipinski definition) is 1. The van der Waals surface area contributed by atoms with Crippen LogP contribution in [0.4, 0.5) is 0 Å². The highest BCUT2D eigenvalue weighted by atomic mass is 16.5. The quantitative estimate of drug-likeness (QED) is 0.342. The van der Waals surface area contributed by atoms with Crippen LogP contribution in [-0.4, -0.2) is 33.3 Å². The summed E-state index contributed by atoms with van der Waals surface area (Å²) < 4.78 is 5.57. The molecule has 6 heteroatoms. The van der Waals surface area contributed by atoms with E-state index in [0.29, 0.717) is 23.8 Å². The van der Waals surface area contributed by atoms with Crippen molar-refractivity contribution in [3.8, 4) is 5.75 Å². The summed E-state index contributed by atoms with van der Waals surface area (Å²) in [6, 6.07) is 18.0. The molecule has 1 fully saturated rings. The molecule has 2 aliphatic heterocycles. The number of rotatable bonds is 5. The van der Waals surface area contributed by atoms with Gasteiger partial charge in [0.1, 0.15) is 11.5 Å². The zero-order valence-electron chi connectivity index (χ0n) is 19.2. The minimum Gasteiger partial charge on any atom is -0.507 e. The average molecular weight is 455 g/mol. The molecule has 0 aliphatic carbocycles. The Bertz CT molecular complexity index is 1280. The summed E-state index contributed by atoms with van der Waals surface area (Å²) in [5.41, 5.74) is 4.17. The van der Waals surface area contributed by atoms with Crippen molar-refractivity contribution in [1.29, 1.82) is 0 Å². The number of amides is 1. The van der Waals surface area contributed by atoms with E-state index in [-0.39, 0.29) is 17.9 Å². The fourth-order valence-electron chi connectivity index (χ4n) is 4.61. The van der Waals surface area contributed by atoms with Crippen molar-refractivity contribution in [3.05, 3.63) is 100 Å². The second kappa shape index (κ2) is 8.78. The molecule has 1 saturated heterocycles. The third kappa shape index (κ3) is 3.85. The number of aliphatic hydroxyl groups excluding tert-OH is 1. The van der Waals surface area contributed by atoms with Gasteiger partial charge in [0.2, 0.25) is 0 Å². The molecular formula is C28H26N2O4. The minimum absolute atomic E-state index is 0.0945. The van der Waals surface area contributed by atoms with E-state index >= 15 is 0 Å². The predicted octanol–water partition coefficient (Wildman–Crippen LogP) is 4.76. The first kappa shape index (κ1) is 21.9. The number of likely N-dealkylation sites (tertiary alicyclic amines) is 1. The zero-order valence-corrected chi connectivity index (χ0v) is 19.2. The molecule has 0 bridgehead atoms. The maximum Gasteiger partial charge on any atom is 0.296 e. The minimum atomic E-state index is -0.715. The molecule has 1 amide bonds. The Morgan fingerprint density at radius 1 is 1.12 bits per heavy atom. The number of ether oxygens (including phenoxy) is 1. The van der Waals surface area contributed by atoms with Gasteiger partial charge in [0, 0.05) is 18.2 Å². The Hall–Kier alpha value is -3.93. The highest BCUT2D eigenvalue weighted by molar-refractivity contribution is 6.46. The first-order valence-corrected chi connectivity index (χ1v) is 11.5. The summed E-state index contributed by atoms with van der Waals surface area (Å²) in [4.78, 5) is 32.3. The number of ketones is 1. The summed E-state index contributed by atoms with van der Waals surface area (Å²) in [5.74, 6) is -0.372. The molecule has 34 heavy (non-hydrogen) atoms. The Morgan fingerprint density at radius 3 is 2.62 bits per heavy atom. The highest BCUT2D eigenvalue weighted by Gasteiger charge is 2.46. The number of benzene rings is 2. The van der Waals surface area contributed by atoms with Gasteiger partial charge in [-0.15, -0.1) is 0 Å². The summed E-state index contributed by atoms with van der Waals surface area (Å²) in [5, 5.41) is 11.3. The number of fused-ring (bicyclic) bond motifs is 1. The predicted molar refractivity (Wildman–Crippen MR) is 128 cm³/mol. The molecule has 1 atom stereocenters. The van der Waals surface area contributed by atoms with Crippen LogP contribution in [0.5, 0.6) is 5.75 Å². The number of hydrogen-bond acceptors (Lipinski definition) is 5. The van der Waals surface area contributed by atoms with Gasteiger partial charge in [-0.1, -0.05) is 44.2 Å². The van der Waals surface area contributed by atoms with Gasteiger partial charge in [0.25, 0.3) is 11.7 Å². The van der Waals surface area contributed by atoms with Crippen molar-refractivity contribution >= 4 is 17.4 Å². The smallest absolute Gasteiger partial charge is 0.296 e. The number of aromatic nitrogens is 1. The Balaban J connectivity index is 1.63. The van der Waals surface area contributed by atoms with E-state index in [2.05, 4.69) is 18.8 Å². The molecule has 0 spiro atoms. The molecule has 3 heterocycles. The van der Waals surface area contributed by atoms with E-state index in [0.717, 1.165) is 28.9 Å². The second-order valence-electron chi connectivity index (χ2n) is 8.99. The number of Topliss-reactive ketones (excluding diaryl/α,β-unsaturated/α-hetero) is 1.